The van der Waals surface area contributed by atoms with E-state index in [1.54, 1.807) is 42.5 Å². The molecular weight excluding hydrogens is 268 g/mol. The Morgan fingerprint density at radius 3 is 1.37 bits per heavy atom. The van der Waals surface area contributed by atoms with E-state index in [-0.39, 0.29) is 4.90 Å². The third kappa shape index (κ3) is 7.69. The molecule has 6 heteroatoms. The van der Waals surface area contributed by atoms with Crippen LogP contribution in [-0.4, -0.2) is 24.9 Å². The van der Waals surface area contributed by atoms with Gasteiger partial charge in [-0.05, 0) is 24.3 Å². The standard InChI is InChI=1S/C6H6O3S.C6H6O.CH2O/c7-10(8,9)6-4-2-1-3-5-6;7-6-4-2-1-3-5-6;1-2/h1-5H,(H,7,8,9);1-5,7H;1H2. The van der Waals surface area contributed by atoms with E-state index in [4.69, 9.17) is 14.5 Å². The van der Waals surface area contributed by atoms with Gasteiger partial charge in [-0.15, -0.1) is 0 Å². The van der Waals surface area contributed by atoms with Gasteiger partial charge in [0.25, 0.3) is 10.1 Å². The van der Waals surface area contributed by atoms with E-state index in [0.29, 0.717) is 5.75 Å². The van der Waals surface area contributed by atoms with Gasteiger partial charge in [-0.3, -0.25) is 4.55 Å². The van der Waals surface area contributed by atoms with E-state index in [1.807, 2.05) is 12.9 Å². The molecule has 0 unspecified atom stereocenters. The highest BCUT2D eigenvalue weighted by atomic mass is 32.2. The van der Waals surface area contributed by atoms with Crippen molar-refractivity contribution in [1.82, 2.24) is 0 Å². The van der Waals surface area contributed by atoms with Gasteiger partial charge in [-0.25, -0.2) is 0 Å². The summed E-state index contributed by atoms with van der Waals surface area (Å²) in [6, 6.07) is 16.1. The summed E-state index contributed by atoms with van der Waals surface area (Å²) in [5, 5.41) is 8.63. The van der Waals surface area contributed by atoms with Gasteiger partial charge >= 0.3 is 0 Å². The fraction of sp³-hybridized carbons (Fsp3) is 0. The number of hydrogen-bond acceptors (Lipinski definition) is 4. The van der Waals surface area contributed by atoms with Crippen LogP contribution in [0.15, 0.2) is 65.6 Å². The zero-order valence-corrected chi connectivity index (χ0v) is 10.8. The maximum atomic E-state index is 10.4. The Morgan fingerprint density at radius 2 is 1.16 bits per heavy atom. The maximum absolute atomic E-state index is 10.4. The van der Waals surface area contributed by atoms with Crippen molar-refractivity contribution in [1.29, 1.82) is 0 Å². The van der Waals surface area contributed by atoms with Crippen LogP contribution in [0.3, 0.4) is 0 Å². The van der Waals surface area contributed by atoms with Gasteiger partial charge in [0.15, 0.2) is 0 Å². The minimum atomic E-state index is -4.00. The average molecular weight is 282 g/mol. The van der Waals surface area contributed by atoms with Crippen LogP contribution in [0.25, 0.3) is 0 Å². The number of phenolic OH excluding ortho intramolecular Hbond substituents is 1. The first kappa shape index (κ1) is 16.8. The lowest BCUT2D eigenvalue weighted by molar-refractivity contribution is -0.0979. The highest BCUT2D eigenvalue weighted by Crippen LogP contribution is 2.05. The number of benzene rings is 2. The highest BCUT2D eigenvalue weighted by molar-refractivity contribution is 7.85. The van der Waals surface area contributed by atoms with Gasteiger partial charge in [-0.2, -0.15) is 8.42 Å². The van der Waals surface area contributed by atoms with Crippen molar-refractivity contribution in [2.24, 2.45) is 0 Å². The van der Waals surface area contributed by atoms with Crippen LogP contribution in [0.5, 0.6) is 5.75 Å². The largest absolute Gasteiger partial charge is 0.508 e. The molecule has 0 spiro atoms. The molecule has 0 aromatic heterocycles. The van der Waals surface area contributed by atoms with Crippen LogP contribution in [0.4, 0.5) is 0 Å². The molecular formula is C13H14O5S. The molecule has 0 amide bonds. The van der Waals surface area contributed by atoms with Crippen LogP contribution < -0.4 is 0 Å². The van der Waals surface area contributed by atoms with Gasteiger partial charge in [0.1, 0.15) is 12.5 Å². The number of hydrogen-bond donors (Lipinski definition) is 2. The van der Waals surface area contributed by atoms with Gasteiger partial charge in [0, 0.05) is 0 Å². The number of carbonyl (C=O) groups is 1. The molecule has 2 aromatic rings. The molecule has 2 N–H and O–H groups in total. The van der Waals surface area contributed by atoms with Crippen LogP contribution in [0.1, 0.15) is 0 Å². The molecule has 0 radical (unpaired) electrons. The Kier molecular flexibility index (Phi) is 7.83. The molecule has 0 bridgehead atoms. The molecule has 102 valence electrons. The minimum absolute atomic E-state index is 0.0741. The third-order valence-corrected chi connectivity index (χ3v) is 2.67. The fourth-order valence-corrected chi connectivity index (χ4v) is 1.52. The van der Waals surface area contributed by atoms with Crippen LogP contribution in [0.2, 0.25) is 0 Å². The molecule has 2 aromatic carbocycles. The third-order valence-electron chi connectivity index (χ3n) is 1.80. The molecule has 5 nitrogen and oxygen atoms in total. The van der Waals surface area contributed by atoms with Crippen molar-refractivity contribution in [3.05, 3.63) is 60.7 Å². The first-order chi connectivity index (χ1) is 9.00. The summed E-state index contributed by atoms with van der Waals surface area (Å²) in [5.41, 5.74) is 0. The SMILES string of the molecule is C=O.O=S(=O)(O)c1ccccc1.Oc1ccccc1. The second-order valence-corrected chi connectivity index (χ2v) is 4.55. The highest BCUT2D eigenvalue weighted by Gasteiger charge is 2.05. The zero-order chi connectivity index (χ0) is 14.7. The molecule has 0 saturated heterocycles. The predicted molar refractivity (Wildman–Crippen MR) is 71.5 cm³/mol. The lowest BCUT2D eigenvalue weighted by atomic mass is 10.3. The van der Waals surface area contributed by atoms with Crippen molar-refractivity contribution in [3.63, 3.8) is 0 Å². The van der Waals surface area contributed by atoms with E-state index in [2.05, 4.69) is 0 Å². The van der Waals surface area contributed by atoms with E-state index < -0.39 is 10.1 Å². The van der Waals surface area contributed by atoms with Crippen molar-refractivity contribution >= 4 is 16.9 Å². The molecule has 0 saturated carbocycles. The summed E-state index contributed by atoms with van der Waals surface area (Å²) < 4.78 is 29.2. The first-order valence-corrected chi connectivity index (χ1v) is 6.49. The number of para-hydroxylation sites is 1. The zero-order valence-electron chi connectivity index (χ0n) is 10.0. The molecule has 0 aliphatic heterocycles. The molecule has 0 fully saturated rings. The Labute approximate surface area is 111 Å². The molecule has 0 aliphatic rings. The summed E-state index contributed by atoms with van der Waals surface area (Å²) in [5.74, 6) is 0.322. The van der Waals surface area contributed by atoms with Crippen molar-refractivity contribution < 1.29 is 22.9 Å². The summed E-state index contributed by atoms with van der Waals surface area (Å²) in [6.45, 7) is 2.00. The monoisotopic (exact) mass is 282 g/mol. The second-order valence-electron chi connectivity index (χ2n) is 3.12. The minimum Gasteiger partial charge on any atom is -0.508 e. The summed E-state index contributed by atoms with van der Waals surface area (Å²) >= 11 is 0. The van der Waals surface area contributed by atoms with E-state index in [0.717, 1.165) is 0 Å². The summed E-state index contributed by atoms with van der Waals surface area (Å²) in [4.78, 5) is 7.93. The van der Waals surface area contributed by atoms with Crippen molar-refractivity contribution in [2.45, 2.75) is 4.90 Å². The topological polar surface area (TPSA) is 91.7 Å². The first-order valence-electron chi connectivity index (χ1n) is 5.05. The van der Waals surface area contributed by atoms with E-state index in [9.17, 15) is 8.42 Å². The number of aromatic hydroxyl groups is 1. The molecule has 0 aliphatic carbocycles. The Bertz CT molecular complexity index is 552. The lowest BCUT2D eigenvalue weighted by Crippen LogP contribution is -1.96. The summed E-state index contributed by atoms with van der Waals surface area (Å²) in [6.07, 6.45) is 0. The lowest BCUT2D eigenvalue weighted by Gasteiger charge is -1.92. The fourth-order valence-electron chi connectivity index (χ4n) is 1.02. The Hall–Kier alpha value is -2.18. The molecule has 0 heterocycles. The van der Waals surface area contributed by atoms with Crippen LogP contribution in [0, 0.1) is 0 Å². The van der Waals surface area contributed by atoms with E-state index >= 15 is 0 Å². The maximum Gasteiger partial charge on any atom is 0.294 e. The van der Waals surface area contributed by atoms with Gasteiger partial charge < -0.3 is 9.90 Å². The molecule has 19 heavy (non-hydrogen) atoms. The number of phenols is 1. The quantitative estimate of drug-likeness (QED) is 0.782. The number of rotatable bonds is 1. The van der Waals surface area contributed by atoms with E-state index in [1.165, 1.54) is 12.1 Å². The smallest absolute Gasteiger partial charge is 0.294 e. The normalized spacial score (nSPS) is 9.32. The number of carbonyl (C=O) groups excluding carboxylic acids is 1. The van der Waals surface area contributed by atoms with Gasteiger partial charge in [0.2, 0.25) is 0 Å². The van der Waals surface area contributed by atoms with Crippen LogP contribution in [-0.2, 0) is 14.9 Å². The van der Waals surface area contributed by atoms with Crippen molar-refractivity contribution in [2.75, 3.05) is 0 Å². The molecule has 2 rings (SSSR count). The predicted octanol–water partition coefficient (Wildman–Crippen LogP) is 2.14. The van der Waals surface area contributed by atoms with Gasteiger partial charge in [-0.1, -0.05) is 36.4 Å². The Balaban J connectivity index is 0.000000316. The summed E-state index contributed by atoms with van der Waals surface area (Å²) in [7, 11) is -4.00. The average Bonchev–Trinajstić information content (AvgIpc) is 2.43. The van der Waals surface area contributed by atoms with Gasteiger partial charge in [0.05, 0.1) is 4.90 Å². The Morgan fingerprint density at radius 1 is 0.789 bits per heavy atom. The molecule has 0 atom stereocenters. The van der Waals surface area contributed by atoms with Crippen molar-refractivity contribution in [3.8, 4) is 5.75 Å². The second kappa shape index (κ2) is 8.84. The van der Waals surface area contributed by atoms with Crippen LogP contribution >= 0.6 is 0 Å².